The van der Waals surface area contributed by atoms with Crippen LogP contribution in [0.5, 0.6) is 5.75 Å². The molecule has 0 radical (unpaired) electrons. The molecule has 1 aromatic carbocycles. The number of carboxylic acids is 1. The number of carbonyl (C=O) groups is 2. The molecule has 1 fully saturated rings. The lowest BCUT2D eigenvalue weighted by Gasteiger charge is -2.26. The van der Waals surface area contributed by atoms with Gasteiger partial charge in [-0.2, -0.15) is 13.2 Å². The molecule has 2 aliphatic rings. The first-order valence-electron chi connectivity index (χ1n) is 7.15. The highest BCUT2D eigenvalue weighted by molar-refractivity contribution is 6.31. The van der Waals surface area contributed by atoms with Gasteiger partial charge >= 0.3 is 18.1 Å². The molecular weight excluding hydrogens is 315 g/mol. The molecule has 0 saturated heterocycles. The van der Waals surface area contributed by atoms with Gasteiger partial charge in [0, 0.05) is 12.1 Å². The van der Waals surface area contributed by atoms with Crippen LogP contribution in [-0.4, -0.2) is 35.0 Å². The van der Waals surface area contributed by atoms with E-state index >= 15 is 0 Å². The summed E-state index contributed by atoms with van der Waals surface area (Å²) in [6.07, 6.45) is -2.66. The normalized spacial score (nSPS) is 19.9. The lowest BCUT2D eigenvalue weighted by atomic mass is 10.0. The first-order valence-corrected chi connectivity index (χ1v) is 7.15. The maximum atomic E-state index is 12.7. The fourth-order valence-electron chi connectivity index (χ4n) is 2.68. The van der Waals surface area contributed by atoms with Crippen LogP contribution < -0.4 is 4.74 Å². The predicted octanol–water partition coefficient (Wildman–Crippen LogP) is 2.46. The molecule has 1 unspecified atom stereocenters. The number of nitrogens with zero attached hydrogens (tertiary/aromatic N) is 1. The lowest BCUT2D eigenvalue weighted by Crippen LogP contribution is -2.41. The third-order valence-corrected chi connectivity index (χ3v) is 4.07. The first-order chi connectivity index (χ1) is 10.8. The number of amides is 1. The zero-order chi connectivity index (χ0) is 16.8. The number of ether oxygens (including phenoxy) is 1. The number of halogens is 3. The summed E-state index contributed by atoms with van der Waals surface area (Å²) in [5.74, 6) is -2.34. The van der Waals surface area contributed by atoms with Gasteiger partial charge < -0.3 is 14.7 Å². The van der Waals surface area contributed by atoms with E-state index in [1.165, 1.54) is 11.0 Å². The number of hydrogen-bond donors (Lipinski definition) is 1. The Morgan fingerprint density at radius 3 is 2.57 bits per heavy atom. The highest BCUT2D eigenvalue weighted by atomic mass is 19.4. The second-order valence-corrected chi connectivity index (χ2v) is 5.78. The highest BCUT2D eigenvalue weighted by Gasteiger charge is 2.40. The van der Waals surface area contributed by atoms with Gasteiger partial charge in [-0.1, -0.05) is 6.07 Å². The van der Waals surface area contributed by atoms with E-state index in [0.717, 1.165) is 25.0 Å². The van der Waals surface area contributed by atoms with Crippen LogP contribution in [0.1, 0.15) is 30.0 Å². The second-order valence-electron chi connectivity index (χ2n) is 5.78. The van der Waals surface area contributed by atoms with Gasteiger partial charge in [0.1, 0.15) is 12.4 Å². The zero-order valence-corrected chi connectivity index (χ0v) is 12.0. The average molecular weight is 329 g/mol. The molecule has 1 aliphatic carbocycles. The summed E-state index contributed by atoms with van der Waals surface area (Å²) in [4.78, 5) is 24.1. The molecular formula is C15H14F3NO4. The third-order valence-electron chi connectivity index (χ3n) is 4.07. The highest BCUT2D eigenvalue weighted by Crippen LogP contribution is 2.42. The number of aliphatic carboxylic acids is 1. The molecule has 1 aromatic rings. The number of benzene rings is 1. The van der Waals surface area contributed by atoms with Crippen LogP contribution in [0.4, 0.5) is 13.2 Å². The van der Waals surface area contributed by atoms with Crippen LogP contribution in [-0.2, 0) is 15.8 Å². The lowest BCUT2D eigenvalue weighted by molar-refractivity contribution is -0.157. The van der Waals surface area contributed by atoms with Crippen molar-refractivity contribution in [2.75, 3.05) is 13.2 Å². The Labute approximate surface area is 129 Å². The maximum absolute atomic E-state index is 12.7. The summed E-state index contributed by atoms with van der Waals surface area (Å²) >= 11 is 0. The van der Waals surface area contributed by atoms with E-state index in [0.29, 0.717) is 5.56 Å². The molecule has 0 spiro atoms. The molecule has 124 valence electrons. The Morgan fingerprint density at radius 2 is 2.00 bits per heavy atom. The van der Waals surface area contributed by atoms with Crippen LogP contribution in [0, 0.1) is 5.92 Å². The third kappa shape index (κ3) is 3.11. The topological polar surface area (TPSA) is 66.8 Å². The van der Waals surface area contributed by atoms with Gasteiger partial charge in [-0.25, -0.2) is 4.79 Å². The molecule has 0 aromatic heterocycles. The van der Waals surface area contributed by atoms with Crippen molar-refractivity contribution >= 4 is 11.9 Å². The quantitative estimate of drug-likeness (QED) is 0.865. The number of carboxylic acid groups (broad SMARTS) is 1. The molecule has 3 rings (SSSR count). The van der Waals surface area contributed by atoms with E-state index in [1.54, 1.807) is 0 Å². The maximum Gasteiger partial charge on any atom is 0.416 e. The van der Waals surface area contributed by atoms with Crippen LogP contribution in [0.25, 0.3) is 0 Å². The van der Waals surface area contributed by atoms with E-state index in [4.69, 9.17) is 9.84 Å². The van der Waals surface area contributed by atoms with Gasteiger partial charge in [0.15, 0.2) is 0 Å². The van der Waals surface area contributed by atoms with Crippen molar-refractivity contribution in [2.24, 2.45) is 5.92 Å². The summed E-state index contributed by atoms with van der Waals surface area (Å²) in [6.45, 7) is 0.238. The number of alkyl halides is 3. The van der Waals surface area contributed by atoms with Crippen molar-refractivity contribution in [1.82, 2.24) is 4.90 Å². The molecule has 1 heterocycles. The van der Waals surface area contributed by atoms with Crippen LogP contribution in [0.15, 0.2) is 18.2 Å². The Kier molecular flexibility index (Phi) is 3.69. The Hall–Kier alpha value is -2.25. The summed E-state index contributed by atoms with van der Waals surface area (Å²) in [7, 11) is 0. The zero-order valence-electron chi connectivity index (χ0n) is 12.0. The van der Waals surface area contributed by atoms with Crippen molar-refractivity contribution in [2.45, 2.75) is 25.1 Å². The fourth-order valence-corrected chi connectivity index (χ4v) is 2.68. The fraction of sp³-hybridized carbons (Fsp3) is 0.467. The van der Waals surface area contributed by atoms with Crippen LogP contribution >= 0.6 is 0 Å². The van der Waals surface area contributed by atoms with E-state index in [9.17, 15) is 22.8 Å². The van der Waals surface area contributed by atoms with Gasteiger partial charge in [0.25, 0.3) is 0 Å². The van der Waals surface area contributed by atoms with E-state index in [-0.39, 0.29) is 24.8 Å². The van der Waals surface area contributed by atoms with Gasteiger partial charge in [0.05, 0.1) is 11.6 Å². The van der Waals surface area contributed by atoms with Gasteiger partial charge in [0.2, 0.25) is 0 Å². The van der Waals surface area contributed by atoms with Crippen LogP contribution in [0.2, 0.25) is 0 Å². The summed E-state index contributed by atoms with van der Waals surface area (Å²) in [5, 5.41) is 8.96. The van der Waals surface area contributed by atoms with Crippen molar-refractivity contribution in [3.8, 4) is 5.75 Å². The Balaban J connectivity index is 1.89. The monoisotopic (exact) mass is 329 g/mol. The van der Waals surface area contributed by atoms with E-state index in [1.807, 2.05) is 0 Å². The minimum Gasteiger partial charge on any atom is -0.491 e. The Morgan fingerprint density at radius 1 is 1.30 bits per heavy atom. The van der Waals surface area contributed by atoms with Crippen molar-refractivity contribution < 1.29 is 32.6 Å². The summed E-state index contributed by atoms with van der Waals surface area (Å²) in [6, 6.07) is 2.39. The standard InChI is InChI=1S/C15H14F3NO4/c16-15(17,18)9-3-4-10-11(7-23-12(10)5-9)19(6-8-1-2-8)13(20)14(21)22/h3-5,8,11H,1-2,6-7H2,(H,21,22). The SMILES string of the molecule is O=C(O)C(=O)N(CC1CC1)C1COc2cc(C(F)(F)F)ccc21. The number of rotatable bonds is 3. The molecule has 0 bridgehead atoms. The number of hydrogen-bond acceptors (Lipinski definition) is 3. The predicted molar refractivity (Wildman–Crippen MR) is 71.8 cm³/mol. The molecule has 1 amide bonds. The molecule has 1 atom stereocenters. The summed E-state index contributed by atoms with van der Waals surface area (Å²) in [5.41, 5.74) is -0.427. The molecule has 1 saturated carbocycles. The van der Waals surface area contributed by atoms with Crippen molar-refractivity contribution in [3.63, 3.8) is 0 Å². The minimum absolute atomic E-state index is 0.0393. The first kappa shape index (κ1) is 15.6. The summed E-state index contributed by atoms with van der Waals surface area (Å²) < 4.78 is 43.5. The van der Waals surface area contributed by atoms with Gasteiger partial charge in [-0.15, -0.1) is 0 Å². The van der Waals surface area contributed by atoms with E-state index in [2.05, 4.69) is 0 Å². The van der Waals surface area contributed by atoms with Crippen molar-refractivity contribution in [1.29, 1.82) is 0 Å². The van der Waals surface area contributed by atoms with Crippen molar-refractivity contribution in [3.05, 3.63) is 29.3 Å². The number of fused-ring (bicyclic) bond motifs is 1. The number of carbonyl (C=O) groups excluding carboxylic acids is 1. The van der Waals surface area contributed by atoms with Gasteiger partial charge in [-0.3, -0.25) is 4.79 Å². The van der Waals surface area contributed by atoms with Gasteiger partial charge in [-0.05, 0) is 30.9 Å². The molecule has 5 nitrogen and oxygen atoms in total. The van der Waals surface area contributed by atoms with Crippen LogP contribution in [0.3, 0.4) is 0 Å². The molecule has 1 aliphatic heterocycles. The molecule has 23 heavy (non-hydrogen) atoms. The largest absolute Gasteiger partial charge is 0.491 e. The Bertz CT molecular complexity index is 655. The minimum atomic E-state index is -4.49. The second kappa shape index (κ2) is 5.43. The average Bonchev–Trinajstić information content (AvgIpc) is 3.20. The smallest absolute Gasteiger partial charge is 0.416 e. The molecule has 1 N–H and O–H groups in total. The van der Waals surface area contributed by atoms with E-state index < -0.39 is 29.7 Å². The molecule has 8 heteroatoms.